The summed E-state index contributed by atoms with van der Waals surface area (Å²) in [6, 6.07) is 10.4. The van der Waals surface area contributed by atoms with Crippen molar-refractivity contribution in [3.63, 3.8) is 0 Å². The molecule has 0 fully saturated rings. The van der Waals surface area contributed by atoms with Crippen LogP contribution in [0.4, 0.5) is 0 Å². The van der Waals surface area contributed by atoms with Crippen LogP contribution in [0, 0.1) is 0 Å². The molecular formula is C15H23BrO. The van der Waals surface area contributed by atoms with Crippen LogP contribution in [0.25, 0.3) is 0 Å². The summed E-state index contributed by atoms with van der Waals surface area (Å²) in [5, 5.41) is 0. The monoisotopic (exact) mass is 298 g/mol. The number of benzene rings is 1. The number of rotatable bonds is 9. The minimum absolute atomic E-state index is 0.696. The summed E-state index contributed by atoms with van der Waals surface area (Å²) >= 11 is 3.70. The summed E-state index contributed by atoms with van der Waals surface area (Å²) in [6.07, 6.45) is 6.23. The number of halogens is 1. The molecule has 0 bridgehead atoms. The molecule has 1 nitrogen and oxygen atoms in total. The van der Waals surface area contributed by atoms with Crippen LogP contribution in [-0.4, -0.2) is 11.4 Å². The van der Waals surface area contributed by atoms with Gasteiger partial charge < -0.3 is 4.74 Å². The summed E-state index contributed by atoms with van der Waals surface area (Å²) in [7, 11) is 0. The van der Waals surface area contributed by atoms with Crippen molar-refractivity contribution in [1.29, 1.82) is 0 Å². The summed E-state index contributed by atoms with van der Waals surface area (Å²) < 4.78 is 5.65. The zero-order valence-corrected chi connectivity index (χ0v) is 12.3. The van der Waals surface area contributed by atoms with Gasteiger partial charge in [-0.1, -0.05) is 66.0 Å². The molecule has 0 spiro atoms. The fourth-order valence-electron chi connectivity index (χ4n) is 1.79. The second-order valence-electron chi connectivity index (χ2n) is 4.42. The zero-order valence-electron chi connectivity index (χ0n) is 10.7. The Morgan fingerprint density at radius 2 is 1.88 bits per heavy atom. The first-order valence-corrected chi connectivity index (χ1v) is 7.50. The van der Waals surface area contributed by atoms with E-state index in [4.69, 9.17) is 4.74 Å². The van der Waals surface area contributed by atoms with E-state index in [2.05, 4.69) is 47.1 Å². The van der Waals surface area contributed by atoms with Crippen LogP contribution in [0.15, 0.2) is 30.3 Å². The molecule has 0 aliphatic rings. The maximum Gasteiger partial charge on any atom is 0.0716 e. The van der Waals surface area contributed by atoms with Crippen molar-refractivity contribution >= 4 is 15.9 Å². The first kappa shape index (κ1) is 14.7. The van der Waals surface area contributed by atoms with Crippen LogP contribution in [-0.2, 0) is 11.3 Å². The summed E-state index contributed by atoms with van der Waals surface area (Å²) in [4.78, 5) is 0.696. The number of alkyl halides is 1. The smallest absolute Gasteiger partial charge is 0.0716 e. The largest absolute Gasteiger partial charge is 0.377 e. The highest BCUT2D eigenvalue weighted by Gasteiger charge is 2.01. The molecule has 0 radical (unpaired) electrons. The Morgan fingerprint density at radius 1 is 1.12 bits per heavy atom. The van der Waals surface area contributed by atoms with E-state index >= 15 is 0 Å². The molecule has 0 heterocycles. The van der Waals surface area contributed by atoms with Gasteiger partial charge in [0.15, 0.2) is 0 Å². The van der Waals surface area contributed by atoms with E-state index < -0.39 is 0 Å². The van der Waals surface area contributed by atoms with Gasteiger partial charge in [0.2, 0.25) is 0 Å². The number of ether oxygens (including phenoxy) is 1. The van der Waals surface area contributed by atoms with Crippen LogP contribution in [0.1, 0.15) is 44.6 Å². The average molecular weight is 299 g/mol. The van der Waals surface area contributed by atoms with E-state index in [-0.39, 0.29) is 0 Å². The van der Waals surface area contributed by atoms with Gasteiger partial charge in [-0.2, -0.15) is 0 Å². The van der Waals surface area contributed by atoms with Gasteiger partial charge in [0.05, 0.1) is 6.61 Å². The molecule has 1 atom stereocenters. The first-order valence-electron chi connectivity index (χ1n) is 6.58. The highest BCUT2D eigenvalue weighted by atomic mass is 79.9. The maximum absolute atomic E-state index is 5.65. The van der Waals surface area contributed by atoms with Gasteiger partial charge in [0.25, 0.3) is 0 Å². The minimum Gasteiger partial charge on any atom is -0.377 e. The van der Waals surface area contributed by atoms with Crippen molar-refractivity contribution in [3.8, 4) is 0 Å². The summed E-state index contributed by atoms with van der Waals surface area (Å²) in [5.74, 6) is 0. The normalized spacial score (nSPS) is 12.6. The van der Waals surface area contributed by atoms with Crippen LogP contribution in [0.2, 0.25) is 0 Å². The molecule has 17 heavy (non-hydrogen) atoms. The van der Waals surface area contributed by atoms with Gasteiger partial charge in [0, 0.05) is 11.4 Å². The van der Waals surface area contributed by atoms with E-state index in [9.17, 15) is 0 Å². The van der Waals surface area contributed by atoms with Crippen molar-refractivity contribution in [2.24, 2.45) is 0 Å². The first-order chi connectivity index (χ1) is 8.33. The van der Waals surface area contributed by atoms with E-state index in [1.165, 1.54) is 37.7 Å². The van der Waals surface area contributed by atoms with Crippen LogP contribution >= 0.6 is 15.9 Å². The van der Waals surface area contributed by atoms with Crippen molar-refractivity contribution in [2.75, 3.05) is 6.61 Å². The molecule has 1 unspecified atom stereocenters. The molecule has 0 aliphatic carbocycles. The van der Waals surface area contributed by atoms with Gasteiger partial charge in [-0.05, 0) is 24.8 Å². The van der Waals surface area contributed by atoms with Crippen LogP contribution < -0.4 is 0 Å². The highest BCUT2D eigenvalue weighted by molar-refractivity contribution is 9.09. The maximum atomic E-state index is 5.65. The Morgan fingerprint density at radius 3 is 2.59 bits per heavy atom. The van der Waals surface area contributed by atoms with Gasteiger partial charge >= 0.3 is 0 Å². The molecule has 0 aliphatic heterocycles. The van der Waals surface area contributed by atoms with Gasteiger partial charge in [-0.15, -0.1) is 0 Å². The molecule has 1 rings (SSSR count). The van der Waals surface area contributed by atoms with E-state index in [1.54, 1.807) is 0 Å². The van der Waals surface area contributed by atoms with E-state index in [0.717, 1.165) is 13.2 Å². The number of unbranched alkanes of at least 4 members (excludes halogenated alkanes) is 1. The molecule has 1 aromatic rings. The molecular weight excluding hydrogens is 276 g/mol. The minimum atomic E-state index is 0.696. The Hall–Kier alpha value is -0.340. The fourth-order valence-corrected chi connectivity index (χ4v) is 2.57. The lowest BCUT2D eigenvalue weighted by molar-refractivity contribution is 0.117. The lowest BCUT2D eigenvalue weighted by atomic mass is 10.1. The Kier molecular flexibility index (Phi) is 8.37. The Balaban J connectivity index is 1.95. The molecule has 0 N–H and O–H groups in total. The fraction of sp³-hybridized carbons (Fsp3) is 0.600. The average Bonchev–Trinajstić information content (AvgIpc) is 2.35. The Bertz CT molecular complexity index is 274. The second-order valence-corrected chi connectivity index (χ2v) is 5.71. The van der Waals surface area contributed by atoms with Crippen molar-refractivity contribution < 1.29 is 4.74 Å². The lowest BCUT2D eigenvalue weighted by Gasteiger charge is -2.08. The third-order valence-corrected chi connectivity index (χ3v) is 3.69. The lowest BCUT2D eigenvalue weighted by Crippen LogP contribution is -1.99. The van der Waals surface area contributed by atoms with E-state index in [0.29, 0.717) is 4.83 Å². The molecule has 0 aromatic heterocycles. The van der Waals surface area contributed by atoms with Crippen LogP contribution in [0.3, 0.4) is 0 Å². The second kappa shape index (κ2) is 9.67. The topological polar surface area (TPSA) is 9.23 Å². The van der Waals surface area contributed by atoms with Gasteiger partial charge in [-0.25, -0.2) is 0 Å². The third kappa shape index (κ3) is 7.56. The standard InChI is InChI=1S/C15H23BrO/c1-2-8-15(16)11-6-7-12-17-13-14-9-4-3-5-10-14/h3-5,9-10,15H,2,6-8,11-13H2,1H3. The van der Waals surface area contributed by atoms with Crippen molar-refractivity contribution in [3.05, 3.63) is 35.9 Å². The molecule has 96 valence electrons. The number of hydrogen-bond acceptors (Lipinski definition) is 1. The van der Waals surface area contributed by atoms with Crippen molar-refractivity contribution in [1.82, 2.24) is 0 Å². The van der Waals surface area contributed by atoms with Gasteiger partial charge in [0.1, 0.15) is 0 Å². The SMILES string of the molecule is CCCC(Br)CCCCOCc1ccccc1. The molecule has 0 amide bonds. The predicted molar refractivity (Wildman–Crippen MR) is 77.6 cm³/mol. The van der Waals surface area contributed by atoms with E-state index in [1.807, 2.05) is 6.07 Å². The molecule has 0 saturated carbocycles. The molecule has 2 heteroatoms. The molecule has 0 saturated heterocycles. The molecule has 1 aromatic carbocycles. The van der Waals surface area contributed by atoms with Gasteiger partial charge in [-0.3, -0.25) is 0 Å². The highest BCUT2D eigenvalue weighted by Crippen LogP contribution is 2.15. The zero-order chi connectivity index (χ0) is 12.3. The summed E-state index contributed by atoms with van der Waals surface area (Å²) in [5.41, 5.74) is 1.26. The van der Waals surface area contributed by atoms with Crippen LogP contribution in [0.5, 0.6) is 0 Å². The van der Waals surface area contributed by atoms with Crippen molar-refractivity contribution in [2.45, 2.75) is 50.5 Å². The quantitative estimate of drug-likeness (QED) is 0.464. The predicted octanol–water partition coefficient (Wildman–Crippen LogP) is 4.94. The summed E-state index contributed by atoms with van der Waals surface area (Å²) in [6.45, 7) is 3.85. The third-order valence-electron chi connectivity index (χ3n) is 2.77. The number of hydrogen-bond donors (Lipinski definition) is 0. The Labute approximate surface area is 114 Å².